The van der Waals surface area contributed by atoms with Crippen LogP contribution in [0.15, 0.2) is 60.7 Å². The average Bonchev–Trinajstić information content (AvgIpc) is 3.18. The minimum absolute atomic E-state index is 0.165. The van der Waals surface area contributed by atoms with Gasteiger partial charge in [-0.15, -0.1) is 0 Å². The van der Waals surface area contributed by atoms with E-state index in [4.69, 9.17) is 23.7 Å². The first-order valence-corrected chi connectivity index (χ1v) is 11.6. The fourth-order valence-corrected chi connectivity index (χ4v) is 4.05. The Morgan fingerprint density at radius 1 is 0.971 bits per heavy atom. The molecule has 0 spiro atoms. The van der Waals surface area contributed by atoms with Gasteiger partial charge in [-0.3, -0.25) is 4.79 Å². The molecule has 1 N–H and O–H groups in total. The lowest BCUT2D eigenvalue weighted by Crippen LogP contribution is -2.54. The van der Waals surface area contributed by atoms with Gasteiger partial charge in [0.1, 0.15) is 18.8 Å². The van der Waals surface area contributed by atoms with Crippen LogP contribution in [0.1, 0.15) is 37.8 Å². The van der Waals surface area contributed by atoms with Crippen LogP contribution in [0.2, 0.25) is 0 Å². The van der Waals surface area contributed by atoms with Crippen molar-refractivity contribution in [1.82, 2.24) is 5.32 Å². The third-order valence-corrected chi connectivity index (χ3v) is 5.68. The lowest BCUT2D eigenvalue weighted by molar-refractivity contribution is -0.248. The highest BCUT2D eigenvalue weighted by atomic mass is 16.8. The molecule has 0 aliphatic carbocycles. The zero-order valence-corrected chi connectivity index (χ0v) is 19.5. The first-order chi connectivity index (χ1) is 16.4. The number of carbonyl (C=O) groups excluding carboxylic acids is 2. The van der Waals surface area contributed by atoms with E-state index in [1.165, 1.54) is 0 Å². The summed E-state index contributed by atoms with van der Waals surface area (Å²) in [5, 5.41) is 2.71. The van der Waals surface area contributed by atoms with E-state index in [2.05, 4.69) is 5.32 Å². The molecule has 0 aromatic heterocycles. The van der Waals surface area contributed by atoms with Crippen molar-refractivity contribution in [2.45, 2.75) is 70.3 Å². The molecule has 4 rings (SSSR count). The first kappa shape index (κ1) is 24.3. The number of hydrogen-bond acceptors (Lipinski definition) is 7. The summed E-state index contributed by atoms with van der Waals surface area (Å²) in [7, 11) is 0. The van der Waals surface area contributed by atoms with Crippen LogP contribution in [0, 0.1) is 0 Å². The summed E-state index contributed by atoms with van der Waals surface area (Å²) >= 11 is 0. The van der Waals surface area contributed by atoms with Gasteiger partial charge in [0.15, 0.2) is 24.0 Å². The van der Waals surface area contributed by atoms with Crippen LogP contribution in [-0.4, -0.2) is 48.8 Å². The van der Waals surface area contributed by atoms with Crippen LogP contribution in [-0.2, 0) is 41.7 Å². The summed E-state index contributed by atoms with van der Waals surface area (Å²) in [5.41, 5.74) is 1.91. The van der Waals surface area contributed by atoms with Crippen molar-refractivity contribution in [3.63, 3.8) is 0 Å². The molecule has 1 amide bonds. The summed E-state index contributed by atoms with van der Waals surface area (Å²) < 4.78 is 29.0. The molecule has 2 aliphatic heterocycles. The van der Waals surface area contributed by atoms with E-state index in [9.17, 15) is 9.59 Å². The molecule has 0 unspecified atom stereocenters. The Morgan fingerprint density at radius 2 is 1.62 bits per heavy atom. The van der Waals surface area contributed by atoms with Crippen LogP contribution in [0.5, 0.6) is 0 Å². The fraction of sp³-hybridized carbons (Fsp3) is 0.462. The lowest BCUT2D eigenvalue weighted by Gasteiger charge is -2.35. The molecule has 2 heterocycles. The monoisotopic (exact) mass is 469 g/mol. The van der Waals surface area contributed by atoms with Gasteiger partial charge in [-0.2, -0.15) is 0 Å². The average molecular weight is 470 g/mol. The van der Waals surface area contributed by atoms with Crippen molar-refractivity contribution in [3.8, 4) is 0 Å². The SMILES string of the molecule is CC1(C)O[C@@H]2[C@@H](OCc3ccccc3)O[C@H](CCCNC(=O)OCc3ccccc3)C(=O)[C@@H]2O1. The van der Waals surface area contributed by atoms with Crippen LogP contribution < -0.4 is 5.32 Å². The molecule has 0 bridgehead atoms. The molecule has 8 nitrogen and oxygen atoms in total. The van der Waals surface area contributed by atoms with Crippen LogP contribution >= 0.6 is 0 Å². The van der Waals surface area contributed by atoms with E-state index in [1.54, 1.807) is 13.8 Å². The standard InChI is InChI=1S/C26H31NO7/c1-26(2)33-22-21(28)20(14-9-15-27-25(29)31-17-19-12-7-4-8-13-19)32-24(23(22)34-26)30-16-18-10-5-3-6-11-18/h3-8,10-13,20,22-24H,9,14-17H2,1-2H3,(H,27,29)/t20-,22+,23+,24+/m1/s1. The van der Waals surface area contributed by atoms with E-state index in [0.717, 1.165) is 11.1 Å². The second-order valence-corrected chi connectivity index (χ2v) is 8.84. The minimum Gasteiger partial charge on any atom is -0.445 e. The Kier molecular flexibility index (Phi) is 7.95. The molecular weight excluding hydrogens is 438 g/mol. The Balaban J connectivity index is 1.26. The zero-order chi connectivity index (χ0) is 24.0. The summed E-state index contributed by atoms with van der Waals surface area (Å²) in [6.07, 6.45) is -2.38. The number of hydrogen-bond donors (Lipinski definition) is 1. The Hall–Kier alpha value is -2.78. The van der Waals surface area contributed by atoms with E-state index in [1.807, 2.05) is 60.7 Å². The van der Waals surface area contributed by atoms with Gasteiger partial charge in [-0.05, 0) is 37.8 Å². The number of benzene rings is 2. The van der Waals surface area contributed by atoms with Crippen molar-refractivity contribution in [2.75, 3.05) is 6.54 Å². The largest absolute Gasteiger partial charge is 0.445 e. The topological polar surface area (TPSA) is 92.3 Å². The summed E-state index contributed by atoms with van der Waals surface area (Å²) in [6, 6.07) is 19.2. The predicted octanol–water partition coefficient (Wildman–Crippen LogP) is 3.72. The number of rotatable bonds is 9. The smallest absolute Gasteiger partial charge is 0.407 e. The van der Waals surface area contributed by atoms with Gasteiger partial charge in [0.05, 0.1) is 6.61 Å². The molecule has 4 atom stereocenters. The lowest BCUT2D eigenvalue weighted by atomic mass is 9.97. The number of Topliss-reactive ketones (excluding diaryl/α,β-unsaturated/α-hetero) is 1. The molecule has 2 fully saturated rings. The Bertz CT molecular complexity index is 950. The number of fused-ring (bicyclic) bond motifs is 1. The number of nitrogens with one attached hydrogen (secondary N) is 1. The van der Waals surface area contributed by atoms with E-state index in [0.29, 0.717) is 26.0 Å². The highest BCUT2D eigenvalue weighted by Gasteiger charge is 2.55. The third-order valence-electron chi connectivity index (χ3n) is 5.68. The zero-order valence-electron chi connectivity index (χ0n) is 19.5. The van der Waals surface area contributed by atoms with Gasteiger partial charge >= 0.3 is 6.09 Å². The maximum atomic E-state index is 13.0. The maximum Gasteiger partial charge on any atom is 0.407 e. The molecule has 8 heteroatoms. The summed E-state index contributed by atoms with van der Waals surface area (Å²) in [4.78, 5) is 24.9. The number of alkyl carbamates (subject to hydrolysis) is 1. The Labute approximate surface area is 199 Å². The van der Waals surface area contributed by atoms with Crippen LogP contribution in [0.4, 0.5) is 4.79 Å². The van der Waals surface area contributed by atoms with Crippen molar-refractivity contribution in [2.24, 2.45) is 0 Å². The highest BCUT2D eigenvalue weighted by Crippen LogP contribution is 2.37. The molecular formula is C26H31NO7. The molecule has 2 aromatic rings. The van der Waals surface area contributed by atoms with Gasteiger partial charge in [-0.1, -0.05) is 60.7 Å². The summed E-state index contributed by atoms with van der Waals surface area (Å²) in [5.74, 6) is -1.07. The first-order valence-electron chi connectivity index (χ1n) is 11.6. The van der Waals surface area contributed by atoms with Crippen molar-refractivity contribution in [1.29, 1.82) is 0 Å². The van der Waals surface area contributed by atoms with Crippen LogP contribution in [0.3, 0.4) is 0 Å². The maximum absolute atomic E-state index is 13.0. The van der Waals surface area contributed by atoms with E-state index < -0.39 is 36.5 Å². The van der Waals surface area contributed by atoms with Gasteiger partial charge in [0, 0.05) is 6.54 Å². The van der Waals surface area contributed by atoms with Gasteiger partial charge in [0.2, 0.25) is 0 Å². The Morgan fingerprint density at radius 3 is 2.29 bits per heavy atom. The normalized spacial score (nSPS) is 25.5. The van der Waals surface area contributed by atoms with Crippen molar-refractivity contribution < 1.29 is 33.3 Å². The fourth-order valence-electron chi connectivity index (χ4n) is 4.05. The molecule has 2 aliphatic rings. The van der Waals surface area contributed by atoms with Gasteiger partial charge in [-0.25, -0.2) is 4.79 Å². The minimum atomic E-state index is -0.901. The van der Waals surface area contributed by atoms with Gasteiger partial charge < -0.3 is 29.0 Å². The van der Waals surface area contributed by atoms with Crippen molar-refractivity contribution >= 4 is 11.9 Å². The molecule has 34 heavy (non-hydrogen) atoms. The predicted molar refractivity (Wildman–Crippen MR) is 123 cm³/mol. The highest BCUT2D eigenvalue weighted by molar-refractivity contribution is 5.89. The third kappa shape index (κ3) is 6.42. The number of amides is 1. The molecule has 2 aromatic carbocycles. The van der Waals surface area contributed by atoms with Crippen molar-refractivity contribution in [3.05, 3.63) is 71.8 Å². The van der Waals surface area contributed by atoms with Gasteiger partial charge in [0.25, 0.3) is 0 Å². The number of carbonyl (C=O) groups is 2. The molecule has 0 saturated carbocycles. The number of ketones is 1. The van der Waals surface area contributed by atoms with E-state index >= 15 is 0 Å². The molecule has 182 valence electrons. The molecule has 2 saturated heterocycles. The second kappa shape index (κ2) is 11.1. The van der Waals surface area contributed by atoms with E-state index in [-0.39, 0.29) is 12.4 Å². The quantitative estimate of drug-likeness (QED) is 0.560. The second-order valence-electron chi connectivity index (χ2n) is 8.84. The summed E-state index contributed by atoms with van der Waals surface area (Å²) in [6.45, 7) is 4.43. The van der Waals surface area contributed by atoms with Crippen LogP contribution in [0.25, 0.3) is 0 Å². The number of ether oxygens (including phenoxy) is 5. The molecule has 0 radical (unpaired) electrons.